The first-order valence-electron chi connectivity index (χ1n) is 10.5. The number of pyridine rings is 1. The molecule has 1 aliphatic rings. The fourth-order valence-corrected chi connectivity index (χ4v) is 3.86. The number of esters is 1. The van der Waals surface area contributed by atoms with Crippen LogP contribution in [-0.2, 0) is 25.6 Å². The van der Waals surface area contributed by atoms with Crippen LogP contribution in [0.4, 0.5) is 5.69 Å². The maximum absolute atomic E-state index is 13.0. The second kappa shape index (κ2) is 12.1. The van der Waals surface area contributed by atoms with E-state index in [1.807, 2.05) is 36.4 Å². The van der Waals surface area contributed by atoms with Gasteiger partial charge in [-0.05, 0) is 18.2 Å². The Labute approximate surface area is 198 Å². The molecule has 0 radical (unpaired) electrons. The Morgan fingerprint density at radius 2 is 1.94 bits per heavy atom. The van der Waals surface area contributed by atoms with Crippen molar-refractivity contribution in [2.45, 2.75) is 19.4 Å². The lowest BCUT2D eigenvalue weighted by molar-refractivity contribution is -0.147. The van der Waals surface area contributed by atoms with Gasteiger partial charge < -0.3 is 24.8 Å². The van der Waals surface area contributed by atoms with E-state index in [1.165, 1.54) is 7.11 Å². The quantitative estimate of drug-likeness (QED) is 0.309. The number of hydrogen-bond acceptors (Lipinski definition) is 8. The number of ketones is 1. The zero-order chi connectivity index (χ0) is 23.6. The van der Waals surface area contributed by atoms with Crippen molar-refractivity contribution in [2.75, 3.05) is 32.8 Å². The Morgan fingerprint density at radius 3 is 2.67 bits per heavy atom. The number of methoxy groups -OCH3 is 2. The molecule has 0 aliphatic heterocycles. The zero-order valence-corrected chi connectivity index (χ0v) is 19.4. The molecule has 33 heavy (non-hydrogen) atoms. The van der Waals surface area contributed by atoms with Gasteiger partial charge in [0, 0.05) is 49.6 Å². The van der Waals surface area contributed by atoms with E-state index in [2.05, 4.69) is 15.6 Å². The van der Waals surface area contributed by atoms with Gasteiger partial charge in [0.25, 0.3) is 0 Å². The molecule has 0 bridgehead atoms. The molecule has 9 heteroatoms. The summed E-state index contributed by atoms with van der Waals surface area (Å²) in [6, 6.07) is 11.2. The lowest BCUT2D eigenvalue weighted by Gasteiger charge is -2.26. The molecule has 2 aromatic rings. The standard InChI is InChI=1S/C24H27N3O5S/c1-30-10-11-32-21-15-25-9-8-16(21)14-26-19-12-17(24(29)31-2)13-20(28)22(19)23(33)27-18-6-4-3-5-7-18/h3-9,15,17,26H,10-14H2,1-2H3,(H,27,33). The highest BCUT2D eigenvalue weighted by molar-refractivity contribution is 7.81. The van der Waals surface area contributed by atoms with Crippen LogP contribution < -0.4 is 15.4 Å². The van der Waals surface area contributed by atoms with E-state index in [0.29, 0.717) is 48.2 Å². The number of thiocarbonyl (C=S) groups is 1. The number of aromatic nitrogens is 1. The summed E-state index contributed by atoms with van der Waals surface area (Å²) >= 11 is 5.58. The number of allylic oxidation sites excluding steroid dienone is 1. The lowest BCUT2D eigenvalue weighted by Crippen LogP contribution is -2.35. The summed E-state index contributed by atoms with van der Waals surface area (Å²) in [7, 11) is 2.93. The van der Waals surface area contributed by atoms with E-state index in [1.54, 1.807) is 19.5 Å². The van der Waals surface area contributed by atoms with Crippen molar-refractivity contribution < 1.29 is 23.8 Å². The van der Waals surface area contributed by atoms with Crippen LogP contribution >= 0.6 is 12.2 Å². The summed E-state index contributed by atoms with van der Waals surface area (Å²) in [6.07, 6.45) is 3.66. The number of carbonyl (C=O) groups is 2. The van der Waals surface area contributed by atoms with Crippen LogP contribution in [0.25, 0.3) is 0 Å². The van der Waals surface area contributed by atoms with Crippen LogP contribution in [0, 0.1) is 5.92 Å². The number of benzene rings is 1. The molecule has 1 aromatic heterocycles. The van der Waals surface area contributed by atoms with Gasteiger partial charge in [-0.2, -0.15) is 0 Å². The second-order valence-corrected chi connectivity index (χ2v) is 7.81. The van der Waals surface area contributed by atoms with Crippen LogP contribution in [-0.4, -0.2) is 49.2 Å². The van der Waals surface area contributed by atoms with E-state index >= 15 is 0 Å². The van der Waals surface area contributed by atoms with Gasteiger partial charge >= 0.3 is 5.97 Å². The number of rotatable bonds is 10. The summed E-state index contributed by atoms with van der Waals surface area (Å²) in [5.41, 5.74) is 2.60. The number of ether oxygens (including phenoxy) is 3. The van der Waals surface area contributed by atoms with E-state index in [9.17, 15) is 9.59 Å². The summed E-state index contributed by atoms with van der Waals surface area (Å²) in [6.45, 7) is 1.20. The monoisotopic (exact) mass is 469 g/mol. The van der Waals surface area contributed by atoms with Gasteiger partial charge in [-0.1, -0.05) is 30.4 Å². The Hall–Kier alpha value is -3.30. The van der Waals surface area contributed by atoms with E-state index in [0.717, 1.165) is 11.3 Å². The van der Waals surface area contributed by atoms with Gasteiger partial charge in [0.05, 0.1) is 31.4 Å². The number of nitrogens with zero attached hydrogens (tertiary/aromatic N) is 1. The SMILES string of the molecule is COCCOc1cnccc1CNC1=C(C(=S)Nc2ccccc2)C(=O)CC(C(=O)OC)C1. The average molecular weight is 470 g/mol. The third-order valence-corrected chi connectivity index (χ3v) is 5.47. The Kier molecular flexibility index (Phi) is 8.91. The largest absolute Gasteiger partial charge is 0.489 e. The predicted molar refractivity (Wildman–Crippen MR) is 128 cm³/mol. The minimum absolute atomic E-state index is 0.0461. The lowest BCUT2D eigenvalue weighted by atomic mass is 9.85. The van der Waals surface area contributed by atoms with E-state index in [-0.39, 0.29) is 12.2 Å². The Morgan fingerprint density at radius 1 is 1.15 bits per heavy atom. The van der Waals surface area contributed by atoms with E-state index in [4.69, 9.17) is 26.4 Å². The number of hydrogen-bond donors (Lipinski definition) is 2. The molecule has 1 aromatic carbocycles. The maximum Gasteiger partial charge on any atom is 0.309 e. The molecule has 8 nitrogen and oxygen atoms in total. The van der Waals surface area contributed by atoms with Crippen molar-refractivity contribution >= 4 is 34.6 Å². The smallest absolute Gasteiger partial charge is 0.309 e. The van der Waals surface area contributed by atoms with Crippen LogP contribution in [0.15, 0.2) is 60.1 Å². The zero-order valence-electron chi connectivity index (χ0n) is 18.6. The second-order valence-electron chi connectivity index (χ2n) is 7.40. The summed E-state index contributed by atoms with van der Waals surface area (Å²) in [5, 5.41) is 6.43. The molecule has 0 fully saturated rings. The van der Waals surface area contributed by atoms with Gasteiger partial charge in [-0.3, -0.25) is 14.6 Å². The van der Waals surface area contributed by atoms with Crippen LogP contribution in [0.2, 0.25) is 0 Å². The van der Waals surface area contributed by atoms with E-state index < -0.39 is 11.9 Å². The third kappa shape index (κ3) is 6.59. The van der Waals surface area contributed by atoms with Crippen molar-refractivity contribution in [3.63, 3.8) is 0 Å². The number of anilines is 1. The minimum Gasteiger partial charge on any atom is -0.489 e. The maximum atomic E-state index is 13.0. The average Bonchev–Trinajstić information content (AvgIpc) is 2.83. The topological polar surface area (TPSA) is 98.8 Å². The molecule has 0 spiro atoms. The molecular weight excluding hydrogens is 442 g/mol. The van der Waals surface area contributed by atoms with Gasteiger partial charge in [0.1, 0.15) is 17.3 Å². The van der Waals surface area contributed by atoms with Crippen LogP contribution in [0.3, 0.4) is 0 Å². The fraction of sp³-hybridized carbons (Fsp3) is 0.333. The molecule has 0 saturated heterocycles. The number of Topliss-reactive ketones (excluding diaryl/α,β-unsaturated/α-hetero) is 1. The summed E-state index contributed by atoms with van der Waals surface area (Å²) < 4.78 is 15.7. The molecule has 1 unspecified atom stereocenters. The van der Waals surface area contributed by atoms with Gasteiger partial charge in [-0.15, -0.1) is 0 Å². The van der Waals surface area contributed by atoms with Crippen molar-refractivity contribution in [1.29, 1.82) is 0 Å². The highest BCUT2D eigenvalue weighted by Crippen LogP contribution is 2.29. The number of carbonyl (C=O) groups excluding carboxylic acids is 2. The normalized spacial score (nSPS) is 15.7. The van der Waals surface area contributed by atoms with Crippen molar-refractivity contribution in [3.8, 4) is 5.75 Å². The summed E-state index contributed by atoms with van der Waals surface area (Å²) in [5.74, 6) is -0.584. The number of nitrogens with one attached hydrogen (secondary N) is 2. The highest BCUT2D eigenvalue weighted by atomic mass is 32.1. The summed E-state index contributed by atoms with van der Waals surface area (Å²) in [4.78, 5) is 29.6. The number of para-hydroxylation sites is 1. The van der Waals surface area contributed by atoms with Crippen molar-refractivity contribution in [2.24, 2.45) is 5.92 Å². The molecule has 1 atom stereocenters. The molecule has 174 valence electrons. The van der Waals surface area contributed by atoms with Crippen LogP contribution in [0.5, 0.6) is 5.75 Å². The molecule has 0 saturated carbocycles. The van der Waals surface area contributed by atoms with Gasteiger partial charge in [0.2, 0.25) is 0 Å². The third-order valence-electron chi connectivity index (χ3n) is 5.16. The molecule has 1 aliphatic carbocycles. The Bertz CT molecular complexity index is 1030. The fourth-order valence-electron chi connectivity index (χ4n) is 3.51. The highest BCUT2D eigenvalue weighted by Gasteiger charge is 2.34. The van der Waals surface area contributed by atoms with Crippen molar-refractivity contribution in [3.05, 3.63) is 65.6 Å². The van der Waals surface area contributed by atoms with Gasteiger partial charge in [-0.25, -0.2) is 0 Å². The molecule has 3 rings (SSSR count). The molecule has 2 N–H and O–H groups in total. The van der Waals surface area contributed by atoms with Crippen molar-refractivity contribution in [1.82, 2.24) is 10.3 Å². The molecular formula is C24H27N3O5S. The first-order chi connectivity index (χ1) is 16.0. The van der Waals surface area contributed by atoms with Crippen LogP contribution in [0.1, 0.15) is 18.4 Å². The predicted octanol–water partition coefficient (Wildman–Crippen LogP) is 3.04. The first kappa shape index (κ1) is 24.3. The minimum atomic E-state index is -0.567. The Balaban J connectivity index is 1.84. The van der Waals surface area contributed by atoms with Gasteiger partial charge in [0.15, 0.2) is 5.78 Å². The first-order valence-corrected chi connectivity index (χ1v) is 10.9. The molecule has 1 heterocycles. The molecule has 0 amide bonds.